The molecule has 3 heteroatoms. The molecule has 2 aliphatic carbocycles. The number of aliphatic hydroxyl groups excluding tert-OH is 1. The molecule has 2 atom stereocenters. The molecule has 1 amide bonds. The van der Waals surface area contributed by atoms with Gasteiger partial charge in [0.05, 0.1) is 6.61 Å². The van der Waals surface area contributed by atoms with Crippen molar-refractivity contribution in [2.75, 3.05) is 19.7 Å². The second-order valence-electron chi connectivity index (χ2n) is 4.58. The summed E-state index contributed by atoms with van der Waals surface area (Å²) >= 11 is 0. The first-order valence-corrected chi connectivity index (χ1v) is 5.80. The number of amides is 1. The van der Waals surface area contributed by atoms with E-state index in [0.717, 1.165) is 0 Å². The van der Waals surface area contributed by atoms with E-state index in [2.05, 4.69) is 6.58 Å². The van der Waals surface area contributed by atoms with Gasteiger partial charge in [-0.3, -0.25) is 4.79 Å². The Labute approximate surface area is 90.8 Å². The minimum absolute atomic E-state index is 0.0433. The zero-order chi connectivity index (χ0) is 10.8. The lowest BCUT2D eigenvalue weighted by atomic mass is 10.1. The number of carbonyl (C=O) groups excluding carboxylic acids is 1. The Bertz CT molecular complexity index is 254. The van der Waals surface area contributed by atoms with Crippen molar-refractivity contribution in [2.45, 2.75) is 19.3 Å². The van der Waals surface area contributed by atoms with Crippen LogP contribution in [-0.2, 0) is 4.79 Å². The smallest absolute Gasteiger partial charge is 0.226 e. The Hall–Kier alpha value is -0.830. The quantitative estimate of drug-likeness (QED) is 0.687. The monoisotopic (exact) mass is 209 g/mol. The highest BCUT2D eigenvalue weighted by Gasteiger charge is 2.57. The topological polar surface area (TPSA) is 40.5 Å². The Kier molecular flexibility index (Phi) is 3.10. The van der Waals surface area contributed by atoms with E-state index in [0.29, 0.717) is 24.9 Å². The second-order valence-corrected chi connectivity index (χ2v) is 4.58. The molecule has 2 fully saturated rings. The van der Waals surface area contributed by atoms with Gasteiger partial charge in [0, 0.05) is 19.0 Å². The van der Waals surface area contributed by atoms with Gasteiger partial charge in [0.25, 0.3) is 0 Å². The van der Waals surface area contributed by atoms with Crippen molar-refractivity contribution in [1.29, 1.82) is 0 Å². The van der Waals surface area contributed by atoms with E-state index in [1.165, 1.54) is 19.3 Å². The molecular formula is C12H19NO2. The van der Waals surface area contributed by atoms with Crippen molar-refractivity contribution in [3.8, 4) is 0 Å². The summed E-state index contributed by atoms with van der Waals surface area (Å²) in [6.45, 7) is 4.69. The average Bonchev–Trinajstić information content (AvgIpc) is 2.70. The third-order valence-corrected chi connectivity index (χ3v) is 3.72. The molecule has 0 aromatic rings. The van der Waals surface area contributed by atoms with Crippen LogP contribution in [0.1, 0.15) is 19.3 Å². The van der Waals surface area contributed by atoms with Crippen LogP contribution in [0.15, 0.2) is 12.7 Å². The molecule has 1 N–H and O–H groups in total. The van der Waals surface area contributed by atoms with E-state index in [-0.39, 0.29) is 18.4 Å². The molecule has 0 aliphatic heterocycles. The van der Waals surface area contributed by atoms with E-state index in [1.54, 1.807) is 11.0 Å². The molecule has 3 nitrogen and oxygen atoms in total. The molecule has 0 heterocycles. The maximum atomic E-state index is 12.1. The summed E-state index contributed by atoms with van der Waals surface area (Å²) < 4.78 is 0. The van der Waals surface area contributed by atoms with Crippen molar-refractivity contribution in [1.82, 2.24) is 4.90 Å². The van der Waals surface area contributed by atoms with Crippen molar-refractivity contribution < 1.29 is 9.90 Å². The second kappa shape index (κ2) is 4.35. The third kappa shape index (κ3) is 1.93. The summed E-state index contributed by atoms with van der Waals surface area (Å²) in [7, 11) is 0. The van der Waals surface area contributed by atoms with Crippen molar-refractivity contribution in [3.05, 3.63) is 12.7 Å². The summed E-state index contributed by atoms with van der Waals surface area (Å²) in [5.74, 6) is 1.82. The molecule has 0 bridgehead atoms. The number of hydrogen-bond acceptors (Lipinski definition) is 2. The lowest BCUT2D eigenvalue weighted by Gasteiger charge is -2.20. The lowest BCUT2D eigenvalue weighted by Crippen LogP contribution is -2.35. The van der Waals surface area contributed by atoms with Crippen LogP contribution in [0.2, 0.25) is 0 Å². The molecule has 0 saturated heterocycles. The SMILES string of the molecule is C=CCN(CCO)C(=O)C1C2CCCC21. The van der Waals surface area contributed by atoms with Crippen LogP contribution >= 0.6 is 0 Å². The molecule has 2 aliphatic rings. The normalized spacial score (nSPS) is 32.2. The Balaban J connectivity index is 1.90. The summed E-state index contributed by atoms with van der Waals surface area (Å²) in [6, 6.07) is 0. The first kappa shape index (κ1) is 10.7. The van der Waals surface area contributed by atoms with Gasteiger partial charge in [-0.2, -0.15) is 0 Å². The van der Waals surface area contributed by atoms with Crippen molar-refractivity contribution >= 4 is 5.91 Å². The van der Waals surface area contributed by atoms with Gasteiger partial charge >= 0.3 is 0 Å². The molecule has 0 spiro atoms. The number of rotatable bonds is 5. The van der Waals surface area contributed by atoms with Gasteiger partial charge in [-0.25, -0.2) is 0 Å². The molecule has 84 valence electrons. The number of aliphatic hydroxyl groups is 1. The molecule has 2 rings (SSSR count). The van der Waals surface area contributed by atoms with E-state index < -0.39 is 0 Å². The van der Waals surface area contributed by atoms with Crippen LogP contribution in [0.25, 0.3) is 0 Å². The zero-order valence-corrected chi connectivity index (χ0v) is 9.06. The fourth-order valence-electron chi connectivity index (χ4n) is 2.97. The first-order valence-electron chi connectivity index (χ1n) is 5.80. The van der Waals surface area contributed by atoms with Gasteiger partial charge in [0.15, 0.2) is 0 Å². The summed E-state index contributed by atoms with van der Waals surface area (Å²) in [5, 5.41) is 8.89. The molecular weight excluding hydrogens is 190 g/mol. The molecule has 0 aromatic heterocycles. The van der Waals surface area contributed by atoms with Crippen molar-refractivity contribution in [3.63, 3.8) is 0 Å². The van der Waals surface area contributed by atoms with E-state index in [9.17, 15) is 4.79 Å². The summed E-state index contributed by atoms with van der Waals surface area (Å²) in [5.41, 5.74) is 0. The summed E-state index contributed by atoms with van der Waals surface area (Å²) in [6.07, 6.45) is 5.47. The van der Waals surface area contributed by atoms with Gasteiger partial charge in [-0.15, -0.1) is 6.58 Å². The predicted octanol–water partition coefficient (Wildman–Crippen LogP) is 1.04. The Morgan fingerprint density at radius 2 is 2.13 bits per heavy atom. The van der Waals surface area contributed by atoms with E-state index in [1.807, 2.05) is 0 Å². The molecule has 0 radical (unpaired) electrons. The number of fused-ring (bicyclic) bond motifs is 1. The highest BCUT2D eigenvalue weighted by atomic mass is 16.3. The van der Waals surface area contributed by atoms with Crippen LogP contribution in [0.5, 0.6) is 0 Å². The van der Waals surface area contributed by atoms with Crippen LogP contribution in [0, 0.1) is 17.8 Å². The van der Waals surface area contributed by atoms with Crippen LogP contribution in [0.4, 0.5) is 0 Å². The fraction of sp³-hybridized carbons (Fsp3) is 0.750. The van der Waals surface area contributed by atoms with Gasteiger partial charge in [-0.1, -0.05) is 12.5 Å². The van der Waals surface area contributed by atoms with Crippen molar-refractivity contribution in [2.24, 2.45) is 17.8 Å². The van der Waals surface area contributed by atoms with Crippen LogP contribution in [-0.4, -0.2) is 35.6 Å². The molecule has 0 aromatic carbocycles. The fourth-order valence-corrected chi connectivity index (χ4v) is 2.97. The van der Waals surface area contributed by atoms with E-state index in [4.69, 9.17) is 5.11 Å². The Morgan fingerprint density at radius 1 is 1.47 bits per heavy atom. The molecule has 15 heavy (non-hydrogen) atoms. The van der Waals surface area contributed by atoms with Gasteiger partial charge in [0.1, 0.15) is 0 Å². The number of nitrogens with zero attached hydrogens (tertiary/aromatic N) is 1. The standard InChI is InChI=1S/C12H19NO2/c1-2-6-13(7-8-14)12(15)11-9-4-3-5-10(9)11/h2,9-11,14H,1,3-8H2. The summed E-state index contributed by atoms with van der Waals surface area (Å²) in [4.78, 5) is 13.8. The predicted molar refractivity (Wildman–Crippen MR) is 58.2 cm³/mol. The minimum Gasteiger partial charge on any atom is -0.395 e. The third-order valence-electron chi connectivity index (χ3n) is 3.72. The Morgan fingerprint density at radius 3 is 2.67 bits per heavy atom. The minimum atomic E-state index is 0.0433. The highest BCUT2D eigenvalue weighted by Crippen LogP contribution is 2.58. The van der Waals surface area contributed by atoms with Crippen LogP contribution in [0.3, 0.4) is 0 Å². The average molecular weight is 209 g/mol. The van der Waals surface area contributed by atoms with Gasteiger partial charge in [0.2, 0.25) is 5.91 Å². The zero-order valence-electron chi connectivity index (χ0n) is 9.06. The number of hydrogen-bond donors (Lipinski definition) is 1. The molecule has 2 saturated carbocycles. The van der Waals surface area contributed by atoms with Gasteiger partial charge < -0.3 is 10.0 Å². The molecule has 2 unspecified atom stereocenters. The first-order chi connectivity index (χ1) is 7.29. The maximum Gasteiger partial charge on any atom is 0.226 e. The maximum absolute atomic E-state index is 12.1. The lowest BCUT2D eigenvalue weighted by molar-refractivity contribution is -0.133. The largest absolute Gasteiger partial charge is 0.395 e. The number of carbonyl (C=O) groups is 1. The van der Waals surface area contributed by atoms with E-state index >= 15 is 0 Å². The highest BCUT2D eigenvalue weighted by molar-refractivity contribution is 5.82. The van der Waals surface area contributed by atoms with Crippen LogP contribution < -0.4 is 0 Å². The van der Waals surface area contributed by atoms with Gasteiger partial charge in [-0.05, 0) is 24.7 Å².